The van der Waals surface area contributed by atoms with E-state index >= 15 is 0 Å². The highest BCUT2D eigenvalue weighted by Gasteiger charge is 2.30. The van der Waals surface area contributed by atoms with E-state index in [-0.39, 0.29) is 11.8 Å². The molecule has 1 atom stereocenters. The maximum absolute atomic E-state index is 11.4. The summed E-state index contributed by atoms with van der Waals surface area (Å²) in [6, 6.07) is 7.26. The van der Waals surface area contributed by atoms with Gasteiger partial charge in [0, 0.05) is 6.61 Å². The number of benzene rings is 1. The molecule has 7 heteroatoms. The van der Waals surface area contributed by atoms with Crippen LogP contribution in [-0.2, 0) is 4.74 Å². The van der Waals surface area contributed by atoms with E-state index in [1.165, 1.54) is 4.68 Å². The van der Waals surface area contributed by atoms with Crippen molar-refractivity contribution in [1.82, 2.24) is 15.0 Å². The molecule has 1 saturated heterocycles. The molecule has 1 N–H and O–H groups in total. The third-order valence-electron chi connectivity index (χ3n) is 3.46. The molecule has 0 saturated carbocycles. The van der Waals surface area contributed by atoms with Crippen LogP contribution in [0.3, 0.4) is 0 Å². The highest BCUT2D eigenvalue weighted by atomic mass is 16.5. The smallest absolute Gasteiger partial charge is 0.358 e. The maximum Gasteiger partial charge on any atom is 0.358 e. The van der Waals surface area contributed by atoms with Crippen molar-refractivity contribution in [1.29, 1.82) is 0 Å². The highest BCUT2D eigenvalue weighted by molar-refractivity contribution is 5.86. The van der Waals surface area contributed by atoms with Gasteiger partial charge in [-0.1, -0.05) is 17.3 Å². The normalized spacial score (nSPS) is 17.9. The van der Waals surface area contributed by atoms with Gasteiger partial charge in [0.15, 0.2) is 5.69 Å². The maximum atomic E-state index is 11.4. The van der Waals surface area contributed by atoms with Crippen molar-refractivity contribution in [3.8, 4) is 11.4 Å². The number of carboxylic acid groups (broad SMARTS) is 1. The largest absolute Gasteiger partial charge is 0.494 e. The summed E-state index contributed by atoms with van der Waals surface area (Å²) < 4.78 is 12.4. The lowest BCUT2D eigenvalue weighted by Crippen LogP contribution is -2.12. The Balaban J connectivity index is 2.16. The van der Waals surface area contributed by atoms with Crippen LogP contribution < -0.4 is 4.74 Å². The molecule has 1 aliphatic rings. The fourth-order valence-electron chi connectivity index (χ4n) is 2.51. The molecule has 7 nitrogen and oxygen atoms in total. The van der Waals surface area contributed by atoms with E-state index in [1.807, 2.05) is 12.1 Å². The third kappa shape index (κ3) is 2.36. The monoisotopic (exact) mass is 289 g/mol. The molecular weight excluding hydrogens is 274 g/mol. The number of nitrogens with zero attached hydrogens (tertiary/aromatic N) is 3. The molecule has 1 aromatic carbocycles. The van der Waals surface area contributed by atoms with E-state index < -0.39 is 5.97 Å². The Morgan fingerprint density at radius 1 is 1.48 bits per heavy atom. The van der Waals surface area contributed by atoms with Crippen LogP contribution in [0, 0.1) is 0 Å². The average Bonchev–Trinajstić information content (AvgIpc) is 3.15. The number of hydrogen-bond donors (Lipinski definition) is 1. The summed E-state index contributed by atoms with van der Waals surface area (Å²) in [5, 5.41) is 17.1. The molecule has 2 heterocycles. The number of aromatic nitrogens is 3. The van der Waals surface area contributed by atoms with Crippen LogP contribution in [0.1, 0.15) is 35.1 Å². The van der Waals surface area contributed by atoms with Crippen molar-refractivity contribution in [2.75, 3.05) is 13.7 Å². The molecule has 110 valence electrons. The molecule has 0 aliphatic carbocycles. The van der Waals surface area contributed by atoms with Gasteiger partial charge in [-0.25, -0.2) is 9.48 Å². The Morgan fingerprint density at radius 3 is 2.95 bits per heavy atom. The number of rotatable bonds is 4. The zero-order chi connectivity index (χ0) is 14.8. The Kier molecular flexibility index (Phi) is 3.57. The van der Waals surface area contributed by atoms with Gasteiger partial charge in [0.05, 0.1) is 7.11 Å². The predicted octanol–water partition coefficient (Wildman–Crippen LogP) is 1.83. The number of carbonyl (C=O) groups is 1. The average molecular weight is 289 g/mol. The quantitative estimate of drug-likeness (QED) is 0.924. The van der Waals surface area contributed by atoms with Crippen LogP contribution in [0.2, 0.25) is 0 Å². The zero-order valence-electron chi connectivity index (χ0n) is 11.5. The summed E-state index contributed by atoms with van der Waals surface area (Å²) in [6.07, 6.45) is 1.33. The topological polar surface area (TPSA) is 86.5 Å². The Hall–Kier alpha value is -2.41. The standard InChI is InChI=1S/C14H15N3O4/c1-20-10-6-3-2-5-9(10)17-13(11-7-4-8-21-11)12(14(18)19)15-16-17/h2-3,5-6,11H,4,7-8H2,1H3,(H,18,19). The number of carboxylic acids is 1. The molecule has 1 aromatic heterocycles. The summed E-state index contributed by atoms with van der Waals surface area (Å²) >= 11 is 0. The molecule has 0 radical (unpaired) electrons. The Labute approximate surface area is 121 Å². The molecule has 1 aliphatic heterocycles. The molecule has 0 amide bonds. The van der Waals surface area contributed by atoms with Gasteiger partial charge in [0.1, 0.15) is 23.2 Å². The van der Waals surface area contributed by atoms with Gasteiger partial charge in [0.2, 0.25) is 0 Å². The summed E-state index contributed by atoms with van der Waals surface area (Å²) in [6.45, 7) is 0.612. The van der Waals surface area contributed by atoms with E-state index in [9.17, 15) is 9.90 Å². The minimum atomic E-state index is -1.11. The molecule has 2 aromatic rings. The number of aromatic carboxylic acids is 1. The number of hydrogen-bond acceptors (Lipinski definition) is 5. The minimum Gasteiger partial charge on any atom is -0.494 e. The molecule has 0 bridgehead atoms. The number of ether oxygens (including phenoxy) is 2. The van der Waals surface area contributed by atoms with E-state index in [4.69, 9.17) is 9.47 Å². The first-order valence-electron chi connectivity index (χ1n) is 6.66. The van der Waals surface area contributed by atoms with E-state index in [1.54, 1.807) is 19.2 Å². The van der Waals surface area contributed by atoms with Crippen LogP contribution >= 0.6 is 0 Å². The first-order valence-corrected chi connectivity index (χ1v) is 6.66. The van der Waals surface area contributed by atoms with Gasteiger partial charge >= 0.3 is 5.97 Å². The van der Waals surface area contributed by atoms with Gasteiger partial charge in [-0.05, 0) is 25.0 Å². The second kappa shape index (κ2) is 5.53. The second-order valence-corrected chi connectivity index (χ2v) is 4.71. The summed E-state index contributed by atoms with van der Waals surface area (Å²) in [5.74, 6) is -0.514. The van der Waals surface area contributed by atoms with Crippen molar-refractivity contribution >= 4 is 5.97 Å². The molecule has 1 unspecified atom stereocenters. The first-order chi connectivity index (χ1) is 10.2. The molecule has 3 rings (SSSR count). The molecule has 21 heavy (non-hydrogen) atoms. The molecule has 0 spiro atoms. The van der Waals surface area contributed by atoms with Gasteiger partial charge < -0.3 is 14.6 Å². The van der Waals surface area contributed by atoms with Crippen LogP contribution in [0.5, 0.6) is 5.75 Å². The Morgan fingerprint density at radius 2 is 2.29 bits per heavy atom. The van der Waals surface area contributed by atoms with E-state index in [0.29, 0.717) is 23.7 Å². The highest BCUT2D eigenvalue weighted by Crippen LogP contribution is 2.33. The third-order valence-corrected chi connectivity index (χ3v) is 3.46. The van der Waals surface area contributed by atoms with Gasteiger partial charge in [-0.15, -0.1) is 5.10 Å². The van der Waals surface area contributed by atoms with Crippen molar-refractivity contribution in [2.45, 2.75) is 18.9 Å². The van der Waals surface area contributed by atoms with Crippen LogP contribution in [-0.4, -0.2) is 39.8 Å². The number of methoxy groups -OCH3 is 1. The summed E-state index contributed by atoms with van der Waals surface area (Å²) in [7, 11) is 1.56. The second-order valence-electron chi connectivity index (χ2n) is 4.71. The first kappa shape index (κ1) is 13.6. The van der Waals surface area contributed by atoms with Crippen molar-refractivity contribution in [2.24, 2.45) is 0 Å². The van der Waals surface area contributed by atoms with Crippen LogP contribution in [0.15, 0.2) is 24.3 Å². The lowest BCUT2D eigenvalue weighted by Gasteiger charge is -2.14. The van der Waals surface area contributed by atoms with Crippen molar-refractivity contribution < 1.29 is 19.4 Å². The van der Waals surface area contributed by atoms with Crippen LogP contribution in [0.4, 0.5) is 0 Å². The molecule has 1 fully saturated rings. The van der Waals surface area contributed by atoms with E-state index in [0.717, 1.165) is 12.8 Å². The molecular formula is C14H15N3O4. The minimum absolute atomic E-state index is 0.0761. The lowest BCUT2D eigenvalue weighted by atomic mass is 10.1. The van der Waals surface area contributed by atoms with Gasteiger partial charge in [0.25, 0.3) is 0 Å². The fraction of sp³-hybridized carbons (Fsp3) is 0.357. The van der Waals surface area contributed by atoms with Crippen molar-refractivity contribution in [3.05, 3.63) is 35.7 Å². The summed E-state index contributed by atoms with van der Waals surface area (Å²) in [4.78, 5) is 11.4. The van der Waals surface area contributed by atoms with Gasteiger partial charge in [-0.3, -0.25) is 0 Å². The van der Waals surface area contributed by atoms with Gasteiger partial charge in [-0.2, -0.15) is 0 Å². The Bertz CT molecular complexity index is 662. The fourth-order valence-corrected chi connectivity index (χ4v) is 2.51. The van der Waals surface area contributed by atoms with Crippen molar-refractivity contribution in [3.63, 3.8) is 0 Å². The lowest BCUT2D eigenvalue weighted by molar-refractivity contribution is 0.0673. The predicted molar refractivity (Wildman–Crippen MR) is 72.8 cm³/mol. The zero-order valence-corrected chi connectivity index (χ0v) is 11.5. The SMILES string of the molecule is COc1ccccc1-n1nnc(C(=O)O)c1C1CCCO1. The van der Waals surface area contributed by atoms with Crippen LogP contribution in [0.25, 0.3) is 5.69 Å². The summed E-state index contributed by atoms with van der Waals surface area (Å²) in [5.41, 5.74) is 1.03. The number of para-hydroxylation sites is 2. The van der Waals surface area contributed by atoms with E-state index in [2.05, 4.69) is 10.3 Å².